The lowest BCUT2D eigenvalue weighted by molar-refractivity contribution is 0.627. The van der Waals surface area contributed by atoms with E-state index in [9.17, 15) is 8.42 Å². The van der Waals surface area contributed by atoms with Crippen LogP contribution < -0.4 is 0 Å². The van der Waals surface area contributed by atoms with E-state index in [1.165, 1.54) is 6.21 Å². The van der Waals surface area contributed by atoms with Crippen molar-refractivity contribution < 1.29 is 8.42 Å². The van der Waals surface area contributed by atoms with Crippen molar-refractivity contribution >= 4 is 38.3 Å². The molecule has 1 aliphatic rings. The number of rotatable bonds is 0. The van der Waals surface area contributed by atoms with Gasteiger partial charge in [0.15, 0.2) is 0 Å². The minimum atomic E-state index is -2.22. The predicted octanol–water partition coefficient (Wildman–Crippen LogP) is -0.283. The fourth-order valence-electron chi connectivity index (χ4n) is 0.446. The van der Waals surface area contributed by atoms with Crippen molar-refractivity contribution in [2.45, 2.75) is 0 Å². The van der Waals surface area contributed by atoms with Crippen molar-refractivity contribution in [3.63, 3.8) is 0 Å². The number of halogens is 1. The summed E-state index contributed by atoms with van der Waals surface area (Å²) in [4.78, 5) is 7.24. The second-order valence-electron chi connectivity index (χ2n) is 1.54. The van der Waals surface area contributed by atoms with Gasteiger partial charge in [0.25, 0.3) is 0 Å². The first kappa shape index (κ1) is 7.43. The molecule has 1 heterocycles. The molecule has 1 aliphatic heterocycles. The van der Waals surface area contributed by atoms with E-state index in [1.807, 2.05) is 0 Å². The highest BCUT2D eigenvalue weighted by atomic mass is 35.5. The summed E-state index contributed by atoms with van der Waals surface area (Å²) in [5.74, 6) is 0. The first-order valence-corrected chi connectivity index (χ1v) is 3.84. The smallest absolute Gasteiger partial charge is 0.220 e. The van der Waals surface area contributed by atoms with Crippen LogP contribution in [0.1, 0.15) is 0 Å². The lowest BCUT2D eigenvalue weighted by Crippen LogP contribution is -2.12. The predicted molar refractivity (Wildman–Crippen MR) is 40.6 cm³/mol. The maximum Gasteiger partial charge on any atom is 0.220 e. The fraction of sp³-hybridized carbons (Fsp3) is 0.250. The van der Waals surface area contributed by atoms with Crippen molar-refractivity contribution in [2.24, 2.45) is 9.98 Å². The van der Waals surface area contributed by atoms with E-state index >= 15 is 0 Å². The molecule has 4 nitrogen and oxygen atoms in total. The third-order valence-electron chi connectivity index (χ3n) is 0.895. The molecule has 0 N–H and O–H groups in total. The van der Waals surface area contributed by atoms with Crippen LogP contribution >= 0.6 is 11.6 Å². The van der Waals surface area contributed by atoms with Gasteiger partial charge >= 0.3 is 0 Å². The Bertz CT molecular complexity index is 319. The number of amidine groups is 1. The molecule has 6 heteroatoms. The summed E-state index contributed by atoms with van der Waals surface area (Å²) in [6, 6.07) is 0. The highest BCUT2D eigenvalue weighted by molar-refractivity contribution is 7.74. The number of hydrogen-bond acceptors (Lipinski definition) is 4. The van der Waals surface area contributed by atoms with Crippen LogP contribution in [0.4, 0.5) is 0 Å². The summed E-state index contributed by atoms with van der Waals surface area (Å²) in [5, 5.41) is 0.0919. The number of nitrogens with zero attached hydrogens (tertiary/aromatic N) is 2. The molecule has 0 amide bonds. The van der Waals surface area contributed by atoms with Gasteiger partial charge in [-0.05, 0) is 11.6 Å². The number of hydrogen-bond donors (Lipinski definition) is 0. The van der Waals surface area contributed by atoms with Crippen LogP contribution in [0.2, 0.25) is 0 Å². The molecule has 0 fully saturated rings. The minimum Gasteiger partial charge on any atom is -0.250 e. The zero-order chi connectivity index (χ0) is 7.56. The van der Waals surface area contributed by atoms with Crippen LogP contribution in [0.5, 0.6) is 0 Å². The summed E-state index contributed by atoms with van der Waals surface area (Å²) in [7, 11) is -2.22. The van der Waals surface area contributed by atoms with Crippen LogP contribution in [0, 0.1) is 0 Å². The third kappa shape index (κ3) is 1.65. The van der Waals surface area contributed by atoms with Gasteiger partial charge < -0.3 is 0 Å². The summed E-state index contributed by atoms with van der Waals surface area (Å²) in [6.45, 7) is 0.0957. The Kier molecular flexibility index (Phi) is 2.18. The average molecular weight is 179 g/mol. The lowest BCUT2D eigenvalue weighted by atomic mass is 10.4. The second kappa shape index (κ2) is 2.94. The van der Waals surface area contributed by atoms with Crippen LogP contribution in [-0.4, -0.2) is 31.3 Å². The van der Waals surface area contributed by atoms with Gasteiger partial charge in [0, 0.05) is 0 Å². The van der Waals surface area contributed by atoms with E-state index in [0.717, 1.165) is 0 Å². The minimum absolute atomic E-state index is 0.0919. The normalized spacial score (nSPS) is 16.9. The van der Waals surface area contributed by atoms with Gasteiger partial charge in [0.1, 0.15) is 4.86 Å². The van der Waals surface area contributed by atoms with Gasteiger partial charge in [-0.1, -0.05) is 0 Å². The van der Waals surface area contributed by atoms with Gasteiger partial charge in [0.05, 0.1) is 12.8 Å². The van der Waals surface area contributed by atoms with E-state index in [2.05, 4.69) is 9.98 Å². The Balaban J connectivity index is 3.01. The molecule has 10 heavy (non-hydrogen) atoms. The monoisotopic (exact) mass is 178 g/mol. The molecule has 54 valence electrons. The first-order chi connectivity index (χ1) is 4.70. The molecule has 1 rings (SSSR count). The molecular formula is C4H3ClN2O2S. The van der Waals surface area contributed by atoms with Crippen LogP contribution in [-0.2, 0) is 10.3 Å². The van der Waals surface area contributed by atoms with Gasteiger partial charge in [-0.25, -0.2) is 4.99 Å². The highest BCUT2D eigenvalue weighted by Gasteiger charge is 2.02. The molecule has 0 atom stereocenters. The van der Waals surface area contributed by atoms with Crippen molar-refractivity contribution in [2.75, 3.05) is 6.54 Å². The molecule has 0 aliphatic carbocycles. The molecule has 0 aromatic carbocycles. The van der Waals surface area contributed by atoms with E-state index in [4.69, 9.17) is 11.6 Å². The molecule has 0 radical (unpaired) electrons. The van der Waals surface area contributed by atoms with Crippen LogP contribution in [0.25, 0.3) is 0 Å². The molecular weight excluding hydrogens is 176 g/mol. The van der Waals surface area contributed by atoms with E-state index in [-0.39, 0.29) is 16.7 Å². The Hall–Kier alpha value is -0.680. The van der Waals surface area contributed by atoms with Crippen molar-refractivity contribution in [1.82, 2.24) is 0 Å². The largest absolute Gasteiger partial charge is 0.250 e. The van der Waals surface area contributed by atoms with Gasteiger partial charge in [0.2, 0.25) is 15.6 Å². The zero-order valence-electron chi connectivity index (χ0n) is 4.78. The maximum absolute atomic E-state index is 10.2. The maximum atomic E-state index is 10.2. The SMILES string of the molecule is O=S(=O)=C1C=NC(Cl)=NC1. The quantitative estimate of drug-likeness (QED) is 0.378. The second-order valence-corrected chi connectivity index (χ2v) is 2.88. The van der Waals surface area contributed by atoms with E-state index in [0.29, 0.717) is 0 Å². The van der Waals surface area contributed by atoms with Crippen molar-refractivity contribution in [3.05, 3.63) is 0 Å². The summed E-state index contributed by atoms with van der Waals surface area (Å²) in [5.41, 5.74) is 0. The summed E-state index contributed by atoms with van der Waals surface area (Å²) < 4.78 is 20.4. The summed E-state index contributed by atoms with van der Waals surface area (Å²) in [6.07, 6.45) is 1.19. The van der Waals surface area contributed by atoms with Gasteiger partial charge in [-0.2, -0.15) is 8.42 Å². The molecule has 0 aromatic rings. The summed E-state index contributed by atoms with van der Waals surface area (Å²) >= 11 is 5.32. The topological polar surface area (TPSA) is 58.9 Å². The standard InChI is InChI=1S/C4H3ClN2O2S/c5-4-6-1-3(2-7-4)10(8)9/h1H,2H2. The van der Waals surface area contributed by atoms with Crippen molar-refractivity contribution in [1.29, 1.82) is 0 Å². The molecule has 0 saturated heterocycles. The van der Waals surface area contributed by atoms with Crippen LogP contribution in [0.3, 0.4) is 0 Å². The Morgan fingerprint density at radius 1 is 1.60 bits per heavy atom. The molecule has 0 bridgehead atoms. The average Bonchev–Trinajstić information content (AvgIpc) is 1.88. The highest BCUT2D eigenvalue weighted by Crippen LogP contribution is 1.93. The molecule has 0 spiro atoms. The van der Waals surface area contributed by atoms with E-state index in [1.54, 1.807) is 0 Å². The third-order valence-corrected chi connectivity index (χ3v) is 1.77. The van der Waals surface area contributed by atoms with Gasteiger partial charge in [-0.3, -0.25) is 4.99 Å². The molecule has 0 saturated carbocycles. The number of aliphatic imine (C=N–C) groups is 2. The first-order valence-electron chi connectivity index (χ1n) is 2.39. The Labute approximate surface area is 63.8 Å². The zero-order valence-corrected chi connectivity index (χ0v) is 6.35. The van der Waals surface area contributed by atoms with Gasteiger partial charge in [-0.15, -0.1) is 0 Å². The fourth-order valence-corrected chi connectivity index (χ4v) is 0.863. The van der Waals surface area contributed by atoms with E-state index < -0.39 is 10.3 Å². The molecule has 0 unspecified atom stereocenters. The van der Waals surface area contributed by atoms with Crippen molar-refractivity contribution in [3.8, 4) is 0 Å². The molecule has 0 aromatic heterocycles. The Morgan fingerprint density at radius 3 is 2.70 bits per heavy atom. The van der Waals surface area contributed by atoms with Crippen LogP contribution in [0.15, 0.2) is 9.98 Å². The lowest BCUT2D eigenvalue weighted by Gasteiger charge is -1.95. The Morgan fingerprint density at radius 2 is 2.30 bits per heavy atom.